The van der Waals surface area contributed by atoms with Crippen LogP contribution in [0.4, 0.5) is 5.69 Å². The molecule has 7 nitrogen and oxygen atoms in total. The van der Waals surface area contributed by atoms with Crippen LogP contribution in [0.1, 0.15) is 61.6 Å². The number of para-hydroxylation sites is 1. The number of ether oxygens (including phenoxy) is 1. The number of imide groups is 1. The van der Waals surface area contributed by atoms with Crippen LogP contribution in [0.2, 0.25) is 0 Å². The van der Waals surface area contributed by atoms with Crippen LogP contribution >= 0.6 is 0 Å². The van der Waals surface area contributed by atoms with Gasteiger partial charge in [0, 0.05) is 5.69 Å². The Hall–Kier alpha value is -4.26. The van der Waals surface area contributed by atoms with Gasteiger partial charge in [0.1, 0.15) is 0 Å². The molecule has 7 heteroatoms. The highest BCUT2D eigenvalue weighted by molar-refractivity contribution is 6.21. The highest BCUT2D eigenvalue weighted by Crippen LogP contribution is 2.26. The summed E-state index contributed by atoms with van der Waals surface area (Å²) in [4.78, 5) is 51.8. The predicted molar refractivity (Wildman–Crippen MR) is 131 cm³/mol. The average molecular weight is 471 g/mol. The molecule has 0 aromatic heterocycles. The highest BCUT2D eigenvalue weighted by atomic mass is 16.5. The second-order valence-electron chi connectivity index (χ2n) is 8.23. The maximum atomic E-state index is 12.9. The van der Waals surface area contributed by atoms with Gasteiger partial charge in [-0.3, -0.25) is 19.3 Å². The first kappa shape index (κ1) is 23.9. The summed E-state index contributed by atoms with van der Waals surface area (Å²) in [6.07, 6.45) is 1.51. The van der Waals surface area contributed by atoms with Gasteiger partial charge in [0.15, 0.2) is 6.61 Å². The summed E-state index contributed by atoms with van der Waals surface area (Å²) in [7, 11) is 0. The van der Waals surface area contributed by atoms with Gasteiger partial charge in [-0.15, -0.1) is 0 Å². The van der Waals surface area contributed by atoms with Crippen LogP contribution in [0.5, 0.6) is 0 Å². The van der Waals surface area contributed by atoms with Gasteiger partial charge in [-0.25, -0.2) is 4.79 Å². The van der Waals surface area contributed by atoms with Crippen molar-refractivity contribution in [3.63, 3.8) is 0 Å². The number of carbonyl (C=O) groups is 4. The molecule has 0 saturated carbocycles. The first-order chi connectivity index (χ1) is 16.9. The molecule has 1 N–H and O–H groups in total. The number of nitrogens with one attached hydrogen (secondary N) is 1. The van der Waals surface area contributed by atoms with Gasteiger partial charge in [0.25, 0.3) is 17.7 Å². The number of anilines is 1. The molecule has 35 heavy (non-hydrogen) atoms. The van der Waals surface area contributed by atoms with E-state index in [0.717, 1.165) is 40.1 Å². The van der Waals surface area contributed by atoms with Crippen LogP contribution in [0.3, 0.4) is 0 Å². The summed E-state index contributed by atoms with van der Waals surface area (Å²) in [6.45, 7) is 3.69. The van der Waals surface area contributed by atoms with E-state index in [-0.39, 0.29) is 23.2 Å². The number of rotatable bonds is 8. The SMILES string of the molecule is CCc1cccc(CC)c1NC(=O)COC(=O)c1ccc2c(c1)C(=O)N(Cc1ccccc1)C2=O. The minimum atomic E-state index is -0.746. The average Bonchev–Trinajstić information content (AvgIpc) is 3.12. The molecule has 3 aromatic rings. The van der Waals surface area contributed by atoms with Crippen LogP contribution in [0, 0.1) is 0 Å². The molecule has 0 fully saturated rings. The van der Waals surface area contributed by atoms with Gasteiger partial charge in [0.2, 0.25) is 0 Å². The molecule has 4 rings (SSSR count). The summed E-state index contributed by atoms with van der Waals surface area (Å²) >= 11 is 0. The first-order valence-electron chi connectivity index (χ1n) is 11.5. The van der Waals surface area contributed by atoms with Crippen molar-refractivity contribution in [2.75, 3.05) is 11.9 Å². The van der Waals surface area contributed by atoms with Crippen molar-refractivity contribution >= 4 is 29.4 Å². The summed E-state index contributed by atoms with van der Waals surface area (Å²) in [6, 6.07) is 19.3. The molecule has 0 spiro atoms. The van der Waals surface area contributed by atoms with E-state index in [4.69, 9.17) is 4.74 Å². The standard InChI is InChI=1S/C28H26N2O5/c1-3-19-11-8-12-20(4-2)25(19)29-24(31)17-35-28(34)21-13-14-22-23(15-21)27(33)30(26(22)32)16-18-9-6-5-7-10-18/h5-15H,3-4,16-17H2,1-2H3,(H,29,31). The molecule has 0 bridgehead atoms. The Balaban J connectivity index is 1.42. The smallest absolute Gasteiger partial charge is 0.338 e. The van der Waals surface area contributed by atoms with Crippen molar-refractivity contribution < 1.29 is 23.9 Å². The van der Waals surface area contributed by atoms with Crippen molar-refractivity contribution in [1.29, 1.82) is 0 Å². The molecular weight excluding hydrogens is 444 g/mol. The molecule has 3 aromatic carbocycles. The van der Waals surface area contributed by atoms with E-state index in [1.807, 2.05) is 62.4 Å². The molecule has 0 atom stereocenters. The fourth-order valence-electron chi connectivity index (χ4n) is 4.12. The Morgan fingerprint density at radius 3 is 2.14 bits per heavy atom. The van der Waals surface area contributed by atoms with E-state index in [2.05, 4.69) is 5.32 Å². The van der Waals surface area contributed by atoms with E-state index in [1.165, 1.54) is 18.2 Å². The topological polar surface area (TPSA) is 92.8 Å². The van der Waals surface area contributed by atoms with E-state index in [9.17, 15) is 19.2 Å². The molecule has 0 aliphatic carbocycles. The van der Waals surface area contributed by atoms with Crippen molar-refractivity contribution in [1.82, 2.24) is 4.90 Å². The highest BCUT2D eigenvalue weighted by Gasteiger charge is 2.36. The van der Waals surface area contributed by atoms with E-state index < -0.39 is 30.3 Å². The Morgan fingerprint density at radius 2 is 1.49 bits per heavy atom. The molecule has 0 unspecified atom stereocenters. The van der Waals surface area contributed by atoms with Crippen molar-refractivity contribution in [2.45, 2.75) is 33.2 Å². The number of benzene rings is 3. The minimum Gasteiger partial charge on any atom is -0.452 e. The van der Waals surface area contributed by atoms with Crippen LogP contribution < -0.4 is 5.32 Å². The van der Waals surface area contributed by atoms with Crippen LogP contribution in [0.15, 0.2) is 66.7 Å². The molecule has 0 saturated heterocycles. The molecule has 1 aliphatic heterocycles. The van der Waals surface area contributed by atoms with Gasteiger partial charge in [-0.05, 0) is 47.7 Å². The van der Waals surface area contributed by atoms with Gasteiger partial charge < -0.3 is 10.1 Å². The minimum absolute atomic E-state index is 0.0995. The lowest BCUT2D eigenvalue weighted by Gasteiger charge is -2.14. The van der Waals surface area contributed by atoms with E-state index in [1.54, 1.807) is 0 Å². The second kappa shape index (κ2) is 10.3. The Labute approximate surface area is 203 Å². The number of hydrogen-bond acceptors (Lipinski definition) is 5. The number of amides is 3. The maximum Gasteiger partial charge on any atom is 0.338 e. The zero-order valence-electron chi connectivity index (χ0n) is 19.7. The van der Waals surface area contributed by atoms with Crippen LogP contribution in [-0.4, -0.2) is 35.2 Å². The van der Waals surface area contributed by atoms with Gasteiger partial charge in [0.05, 0.1) is 23.2 Å². The summed E-state index contributed by atoms with van der Waals surface area (Å²) in [5.41, 5.74) is 4.07. The lowest BCUT2D eigenvalue weighted by molar-refractivity contribution is -0.119. The molecule has 1 heterocycles. The van der Waals surface area contributed by atoms with Crippen molar-refractivity contribution in [2.24, 2.45) is 0 Å². The monoisotopic (exact) mass is 470 g/mol. The fourth-order valence-corrected chi connectivity index (χ4v) is 4.12. The summed E-state index contributed by atoms with van der Waals surface area (Å²) in [5.74, 6) is -2.07. The summed E-state index contributed by atoms with van der Waals surface area (Å²) < 4.78 is 5.19. The third kappa shape index (κ3) is 4.99. The predicted octanol–water partition coefficient (Wildman–Crippen LogP) is 4.40. The quantitative estimate of drug-likeness (QED) is 0.389. The van der Waals surface area contributed by atoms with Gasteiger partial charge in [-0.2, -0.15) is 0 Å². The molecule has 178 valence electrons. The largest absolute Gasteiger partial charge is 0.452 e. The summed E-state index contributed by atoms with van der Waals surface area (Å²) in [5, 5.41) is 2.85. The van der Waals surface area contributed by atoms with Crippen LogP contribution in [-0.2, 0) is 28.9 Å². The lowest BCUT2D eigenvalue weighted by Crippen LogP contribution is -2.29. The second-order valence-corrected chi connectivity index (χ2v) is 8.23. The zero-order chi connectivity index (χ0) is 24.9. The number of carbonyl (C=O) groups excluding carboxylic acids is 4. The normalized spacial score (nSPS) is 12.5. The number of esters is 1. The first-order valence-corrected chi connectivity index (χ1v) is 11.5. The van der Waals surface area contributed by atoms with Gasteiger partial charge >= 0.3 is 5.97 Å². The maximum absolute atomic E-state index is 12.9. The van der Waals surface area contributed by atoms with Gasteiger partial charge in [-0.1, -0.05) is 62.4 Å². The molecular formula is C28H26N2O5. The number of aryl methyl sites for hydroxylation is 2. The van der Waals surface area contributed by atoms with Crippen LogP contribution in [0.25, 0.3) is 0 Å². The Kier molecular flexibility index (Phi) is 7.06. The number of fused-ring (bicyclic) bond motifs is 1. The molecule has 3 amide bonds. The Morgan fingerprint density at radius 1 is 0.829 bits per heavy atom. The zero-order valence-corrected chi connectivity index (χ0v) is 19.7. The molecule has 0 radical (unpaired) electrons. The van der Waals surface area contributed by atoms with Crippen molar-refractivity contribution in [3.8, 4) is 0 Å². The van der Waals surface area contributed by atoms with E-state index in [0.29, 0.717) is 0 Å². The number of hydrogen-bond donors (Lipinski definition) is 1. The third-order valence-electron chi connectivity index (χ3n) is 5.99. The number of nitrogens with zero attached hydrogens (tertiary/aromatic N) is 1. The fraction of sp³-hybridized carbons (Fsp3) is 0.214. The molecule has 1 aliphatic rings. The lowest BCUT2D eigenvalue weighted by atomic mass is 10.0. The third-order valence-corrected chi connectivity index (χ3v) is 5.99. The van der Waals surface area contributed by atoms with Crippen molar-refractivity contribution in [3.05, 3.63) is 100 Å². The Bertz CT molecular complexity index is 1280. The van der Waals surface area contributed by atoms with E-state index >= 15 is 0 Å².